The fourth-order valence-corrected chi connectivity index (χ4v) is 6.44. The van der Waals surface area contributed by atoms with E-state index >= 15 is 0 Å². The molecule has 238 valence electrons. The predicted molar refractivity (Wildman–Crippen MR) is 163 cm³/mol. The van der Waals surface area contributed by atoms with E-state index in [-0.39, 0.29) is 59.2 Å². The second-order valence-corrected chi connectivity index (χ2v) is 11.6. The molecule has 1 unspecified atom stereocenters. The number of benzene rings is 1. The molecule has 2 aliphatic rings. The number of hydrogen-bond acceptors (Lipinski definition) is 9. The van der Waals surface area contributed by atoms with E-state index in [0.29, 0.717) is 17.8 Å². The van der Waals surface area contributed by atoms with E-state index in [1.807, 2.05) is 11.0 Å². The lowest BCUT2D eigenvalue weighted by Crippen LogP contribution is -2.60. The Morgan fingerprint density at radius 1 is 1.16 bits per heavy atom. The molecule has 2 aliphatic heterocycles. The molecule has 4 heterocycles. The standard InChI is InChI=1S/C29H30BrF4N9O2/c1-4-39(5-2)19-15-41(16-19)28-37-24-20(13-36-43(27(24)45)22-8-6-7-21(30)23(22)29(32,33)34)25(38-28)40-11-12-42(26(44)17(3)31)18(14-40)9-10-35/h6-8,13,18-19H,3-5,9,11-12,14-16H2,1-2H3. The third-order valence-electron chi connectivity index (χ3n) is 8.19. The van der Waals surface area contributed by atoms with Crippen molar-refractivity contribution in [1.29, 1.82) is 5.26 Å². The van der Waals surface area contributed by atoms with Crippen LogP contribution in [0.4, 0.5) is 29.3 Å². The SMILES string of the molecule is C=C(F)C(=O)N1CCN(c2nc(N3CC(N(CC)CC)C3)nc3c(=O)n(-c4cccc(Br)c4C(F)(F)F)ncc23)CC1CC#N. The van der Waals surface area contributed by atoms with Crippen LogP contribution < -0.4 is 15.4 Å². The third kappa shape index (κ3) is 6.10. The van der Waals surface area contributed by atoms with Gasteiger partial charge in [-0.15, -0.1) is 0 Å². The van der Waals surface area contributed by atoms with Crippen LogP contribution in [0.1, 0.15) is 25.8 Å². The predicted octanol–water partition coefficient (Wildman–Crippen LogP) is 3.90. The van der Waals surface area contributed by atoms with Gasteiger partial charge in [-0.3, -0.25) is 14.5 Å². The molecule has 11 nitrogen and oxygen atoms in total. The van der Waals surface area contributed by atoms with Gasteiger partial charge in [0.05, 0.1) is 41.4 Å². The van der Waals surface area contributed by atoms with Gasteiger partial charge in [-0.1, -0.05) is 42.4 Å². The summed E-state index contributed by atoms with van der Waals surface area (Å²) in [6, 6.07) is 5.30. The Bertz CT molecular complexity index is 1730. The molecule has 0 saturated carbocycles. The first-order chi connectivity index (χ1) is 21.4. The number of amides is 1. The lowest BCUT2D eigenvalue weighted by molar-refractivity contribution is -0.138. The molecule has 0 aliphatic carbocycles. The Morgan fingerprint density at radius 3 is 2.49 bits per heavy atom. The van der Waals surface area contributed by atoms with Crippen LogP contribution in [0, 0.1) is 11.3 Å². The number of nitrogens with zero attached hydrogens (tertiary/aromatic N) is 9. The Balaban J connectivity index is 1.64. The molecule has 45 heavy (non-hydrogen) atoms. The van der Waals surface area contributed by atoms with Crippen LogP contribution >= 0.6 is 15.9 Å². The van der Waals surface area contributed by atoms with E-state index in [1.165, 1.54) is 23.2 Å². The van der Waals surface area contributed by atoms with Crippen LogP contribution in [-0.4, -0.2) is 93.4 Å². The minimum Gasteiger partial charge on any atom is -0.352 e. The topological polar surface area (TPSA) is 114 Å². The van der Waals surface area contributed by atoms with Crippen LogP contribution in [0.5, 0.6) is 0 Å². The number of halogens is 5. The first-order valence-electron chi connectivity index (χ1n) is 14.3. The van der Waals surface area contributed by atoms with Crippen LogP contribution in [0.3, 0.4) is 0 Å². The van der Waals surface area contributed by atoms with Gasteiger partial charge in [0.15, 0.2) is 5.83 Å². The number of alkyl halides is 3. The van der Waals surface area contributed by atoms with Crippen molar-refractivity contribution in [2.45, 2.75) is 38.5 Å². The first-order valence-corrected chi connectivity index (χ1v) is 15.1. The van der Waals surface area contributed by atoms with Crippen molar-refractivity contribution in [2.75, 3.05) is 55.6 Å². The fourth-order valence-electron chi connectivity index (χ4n) is 5.86. The van der Waals surface area contributed by atoms with Gasteiger partial charge in [-0.25, -0.2) is 9.37 Å². The summed E-state index contributed by atoms with van der Waals surface area (Å²) < 4.78 is 56.4. The summed E-state index contributed by atoms with van der Waals surface area (Å²) in [5.41, 5.74) is -2.55. The summed E-state index contributed by atoms with van der Waals surface area (Å²) in [6.07, 6.45) is -3.65. The van der Waals surface area contributed by atoms with Gasteiger partial charge in [0.25, 0.3) is 11.5 Å². The van der Waals surface area contributed by atoms with Gasteiger partial charge in [0, 0.05) is 43.2 Å². The minimum atomic E-state index is -4.79. The van der Waals surface area contributed by atoms with Crippen molar-refractivity contribution in [1.82, 2.24) is 29.5 Å². The van der Waals surface area contributed by atoms with Crippen LogP contribution in [0.25, 0.3) is 16.6 Å². The summed E-state index contributed by atoms with van der Waals surface area (Å²) in [5.74, 6) is -1.56. The Labute approximate surface area is 264 Å². The highest BCUT2D eigenvalue weighted by Crippen LogP contribution is 2.39. The molecule has 5 rings (SSSR count). The van der Waals surface area contributed by atoms with E-state index in [0.717, 1.165) is 19.2 Å². The van der Waals surface area contributed by atoms with E-state index < -0.39 is 40.8 Å². The summed E-state index contributed by atoms with van der Waals surface area (Å²) in [6.45, 7) is 10.3. The molecule has 3 aromatic rings. The van der Waals surface area contributed by atoms with Crippen molar-refractivity contribution in [3.8, 4) is 11.8 Å². The average Bonchev–Trinajstić information content (AvgIpc) is 2.97. The number of piperazine rings is 1. The lowest BCUT2D eigenvalue weighted by Gasteiger charge is -2.45. The molecule has 2 saturated heterocycles. The average molecular weight is 693 g/mol. The largest absolute Gasteiger partial charge is 0.419 e. The molecular weight excluding hydrogens is 662 g/mol. The van der Waals surface area contributed by atoms with Gasteiger partial charge < -0.3 is 14.7 Å². The van der Waals surface area contributed by atoms with Gasteiger partial charge in [0.2, 0.25) is 5.95 Å². The number of anilines is 2. The van der Waals surface area contributed by atoms with E-state index in [2.05, 4.69) is 51.3 Å². The van der Waals surface area contributed by atoms with E-state index in [9.17, 15) is 32.4 Å². The highest BCUT2D eigenvalue weighted by atomic mass is 79.9. The Morgan fingerprint density at radius 2 is 1.87 bits per heavy atom. The quantitative estimate of drug-likeness (QED) is 0.256. The number of nitriles is 1. The van der Waals surface area contributed by atoms with Crippen LogP contribution in [-0.2, 0) is 11.0 Å². The van der Waals surface area contributed by atoms with Crippen molar-refractivity contribution in [3.05, 3.63) is 57.2 Å². The second-order valence-electron chi connectivity index (χ2n) is 10.7. The number of rotatable bonds is 8. The number of aromatic nitrogens is 4. The zero-order chi connectivity index (χ0) is 32.6. The molecule has 2 aromatic heterocycles. The van der Waals surface area contributed by atoms with E-state index in [4.69, 9.17) is 4.98 Å². The van der Waals surface area contributed by atoms with Crippen molar-refractivity contribution >= 4 is 44.5 Å². The Kier molecular flexibility index (Phi) is 9.13. The maximum absolute atomic E-state index is 14.1. The molecule has 0 radical (unpaired) electrons. The zero-order valence-corrected chi connectivity index (χ0v) is 26.1. The number of hydrogen-bond donors (Lipinski definition) is 0. The van der Waals surface area contributed by atoms with E-state index in [1.54, 1.807) is 4.90 Å². The lowest BCUT2D eigenvalue weighted by atomic mass is 10.1. The number of fused-ring (bicyclic) bond motifs is 1. The monoisotopic (exact) mass is 691 g/mol. The van der Waals surface area contributed by atoms with Crippen molar-refractivity contribution in [3.63, 3.8) is 0 Å². The van der Waals surface area contributed by atoms with Gasteiger partial charge in [-0.2, -0.15) is 33.2 Å². The van der Waals surface area contributed by atoms with Gasteiger partial charge in [0.1, 0.15) is 11.3 Å². The van der Waals surface area contributed by atoms with Crippen LogP contribution in [0.2, 0.25) is 0 Å². The molecule has 0 spiro atoms. The van der Waals surface area contributed by atoms with Gasteiger partial charge in [-0.05, 0) is 25.2 Å². The van der Waals surface area contributed by atoms with Crippen molar-refractivity contribution < 1.29 is 22.4 Å². The summed E-state index contributed by atoms with van der Waals surface area (Å²) in [4.78, 5) is 42.9. The number of likely N-dealkylation sites (N-methyl/N-ethyl adjacent to an activating group) is 1. The van der Waals surface area contributed by atoms with Crippen LogP contribution in [0.15, 0.2) is 46.1 Å². The third-order valence-corrected chi connectivity index (χ3v) is 8.85. The fraction of sp³-hybridized carbons (Fsp3) is 0.448. The molecule has 0 bridgehead atoms. The summed E-state index contributed by atoms with van der Waals surface area (Å²) >= 11 is 2.95. The second kappa shape index (κ2) is 12.7. The molecule has 1 aromatic carbocycles. The molecular formula is C29H30BrF4N9O2. The smallest absolute Gasteiger partial charge is 0.352 e. The maximum atomic E-state index is 14.1. The minimum absolute atomic E-state index is 0.0418. The molecule has 0 N–H and O–H groups in total. The molecule has 1 atom stereocenters. The first kappa shape index (κ1) is 32.3. The molecule has 16 heteroatoms. The van der Waals surface area contributed by atoms with Crippen molar-refractivity contribution in [2.24, 2.45) is 0 Å². The summed E-state index contributed by atoms with van der Waals surface area (Å²) in [5, 5.41) is 13.7. The zero-order valence-electron chi connectivity index (χ0n) is 24.6. The highest BCUT2D eigenvalue weighted by molar-refractivity contribution is 9.10. The normalized spacial score (nSPS) is 17.5. The summed E-state index contributed by atoms with van der Waals surface area (Å²) in [7, 11) is 0. The van der Waals surface area contributed by atoms with Gasteiger partial charge >= 0.3 is 6.18 Å². The number of carbonyl (C=O) groups excluding carboxylic acids is 1. The highest BCUT2D eigenvalue weighted by Gasteiger charge is 2.38. The Hall–Kier alpha value is -4.10. The molecule has 2 fully saturated rings. The molecule has 1 amide bonds. The number of carbonyl (C=O) groups is 1. The maximum Gasteiger partial charge on any atom is 0.419 e.